The van der Waals surface area contributed by atoms with Crippen molar-refractivity contribution >= 4 is 16.8 Å². The van der Waals surface area contributed by atoms with Crippen molar-refractivity contribution in [2.75, 3.05) is 6.54 Å². The van der Waals surface area contributed by atoms with Crippen LogP contribution < -0.4 is 5.32 Å². The third-order valence-corrected chi connectivity index (χ3v) is 3.23. The Hall–Kier alpha value is -2.56. The van der Waals surface area contributed by atoms with Crippen LogP contribution in [0.3, 0.4) is 0 Å². The van der Waals surface area contributed by atoms with Gasteiger partial charge in [0, 0.05) is 29.4 Å². The van der Waals surface area contributed by atoms with E-state index in [0.29, 0.717) is 12.1 Å². The summed E-state index contributed by atoms with van der Waals surface area (Å²) in [5, 5.41) is 7.66. The summed E-state index contributed by atoms with van der Waals surface area (Å²) in [6.45, 7) is 0.632. The highest BCUT2D eigenvalue weighted by molar-refractivity contribution is 5.97. The first-order chi connectivity index (χ1) is 9.83. The molecule has 0 aliphatic heterocycles. The van der Waals surface area contributed by atoms with Gasteiger partial charge in [0.2, 0.25) is 0 Å². The molecule has 3 aromatic rings. The Morgan fingerprint density at radius 3 is 3.15 bits per heavy atom. The molecule has 2 heterocycles. The summed E-state index contributed by atoms with van der Waals surface area (Å²) in [4.78, 5) is 15.1. The average Bonchev–Trinajstić information content (AvgIpc) is 3.13. The number of aromatic nitrogens is 2. The highest BCUT2D eigenvalue weighted by Crippen LogP contribution is 2.14. The molecule has 0 spiro atoms. The van der Waals surface area contributed by atoms with Crippen molar-refractivity contribution in [2.45, 2.75) is 12.8 Å². The highest BCUT2D eigenvalue weighted by Gasteiger charge is 2.06. The zero-order valence-corrected chi connectivity index (χ0v) is 10.9. The molecule has 0 aliphatic rings. The van der Waals surface area contributed by atoms with E-state index in [2.05, 4.69) is 15.5 Å². The largest absolute Gasteiger partial charge is 0.364 e. The van der Waals surface area contributed by atoms with Gasteiger partial charge in [-0.15, -0.1) is 0 Å². The van der Waals surface area contributed by atoms with E-state index < -0.39 is 0 Å². The summed E-state index contributed by atoms with van der Waals surface area (Å²) in [6.07, 6.45) is 6.89. The molecule has 102 valence electrons. The molecule has 0 atom stereocenters. The van der Waals surface area contributed by atoms with Crippen molar-refractivity contribution in [3.8, 4) is 0 Å². The van der Waals surface area contributed by atoms with Crippen LogP contribution in [0.4, 0.5) is 0 Å². The number of aryl methyl sites for hydroxylation is 1. The van der Waals surface area contributed by atoms with Crippen LogP contribution in [-0.4, -0.2) is 22.6 Å². The van der Waals surface area contributed by atoms with Crippen LogP contribution in [0.5, 0.6) is 0 Å². The maximum absolute atomic E-state index is 12.0. The van der Waals surface area contributed by atoms with Crippen molar-refractivity contribution in [1.82, 2.24) is 15.5 Å². The van der Waals surface area contributed by atoms with E-state index >= 15 is 0 Å². The Bertz CT molecular complexity index is 701. The second-order valence-corrected chi connectivity index (χ2v) is 4.67. The highest BCUT2D eigenvalue weighted by atomic mass is 16.5. The lowest BCUT2D eigenvalue weighted by Crippen LogP contribution is -2.24. The number of nitrogens with one attached hydrogen (secondary N) is 2. The van der Waals surface area contributed by atoms with Gasteiger partial charge in [-0.3, -0.25) is 4.79 Å². The van der Waals surface area contributed by atoms with Crippen LogP contribution in [0.1, 0.15) is 22.3 Å². The van der Waals surface area contributed by atoms with E-state index in [0.717, 1.165) is 29.3 Å². The minimum absolute atomic E-state index is 0.0492. The van der Waals surface area contributed by atoms with Crippen molar-refractivity contribution in [2.24, 2.45) is 0 Å². The molecule has 0 saturated heterocycles. The summed E-state index contributed by atoms with van der Waals surface area (Å²) < 4.78 is 4.75. The van der Waals surface area contributed by atoms with Gasteiger partial charge in [0.05, 0.1) is 6.20 Å². The van der Waals surface area contributed by atoms with Crippen LogP contribution in [-0.2, 0) is 6.42 Å². The van der Waals surface area contributed by atoms with Crippen LogP contribution in [0.2, 0.25) is 0 Å². The molecule has 2 aromatic heterocycles. The van der Waals surface area contributed by atoms with Crippen molar-refractivity contribution in [3.63, 3.8) is 0 Å². The Balaban J connectivity index is 1.53. The van der Waals surface area contributed by atoms with Gasteiger partial charge in [0.15, 0.2) is 0 Å². The molecule has 1 aromatic carbocycles. The number of carbonyl (C=O) groups excluding carboxylic acids is 1. The summed E-state index contributed by atoms with van der Waals surface area (Å²) >= 11 is 0. The third-order valence-electron chi connectivity index (χ3n) is 3.23. The molecule has 0 bridgehead atoms. The minimum atomic E-state index is -0.0492. The number of hydrogen-bond donors (Lipinski definition) is 2. The number of fused-ring (bicyclic) bond motifs is 1. The lowest BCUT2D eigenvalue weighted by Gasteiger charge is -2.04. The number of H-pyrrole nitrogens is 1. The third kappa shape index (κ3) is 2.71. The van der Waals surface area contributed by atoms with Crippen molar-refractivity contribution in [1.29, 1.82) is 0 Å². The number of nitrogens with zero attached hydrogens (tertiary/aromatic N) is 1. The van der Waals surface area contributed by atoms with E-state index in [1.807, 2.05) is 30.5 Å². The van der Waals surface area contributed by atoms with Gasteiger partial charge in [-0.1, -0.05) is 11.2 Å². The van der Waals surface area contributed by atoms with Crippen LogP contribution in [0.25, 0.3) is 10.9 Å². The smallest absolute Gasteiger partial charge is 0.251 e. The Morgan fingerprint density at radius 2 is 2.30 bits per heavy atom. The second-order valence-electron chi connectivity index (χ2n) is 4.67. The van der Waals surface area contributed by atoms with Crippen LogP contribution >= 0.6 is 0 Å². The Labute approximate surface area is 116 Å². The molecule has 0 saturated carbocycles. The molecule has 0 unspecified atom stereocenters. The molecule has 5 nitrogen and oxygen atoms in total. The number of rotatable bonds is 5. The van der Waals surface area contributed by atoms with E-state index in [4.69, 9.17) is 4.52 Å². The number of hydrogen-bond acceptors (Lipinski definition) is 3. The number of aromatic amines is 1. The molecule has 5 heteroatoms. The molecule has 0 fully saturated rings. The monoisotopic (exact) mass is 269 g/mol. The zero-order chi connectivity index (χ0) is 13.8. The van der Waals surface area contributed by atoms with Gasteiger partial charge in [0.1, 0.15) is 6.26 Å². The molecule has 1 amide bonds. The minimum Gasteiger partial charge on any atom is -0.364 e. The first kappa shape index (κ1) is 12.5. The van der Waals surface area contributed by atoms with Crippen molar-refractivity contribution < 1.29 is 9.32 Å². The lowest BCUT2D eigenvalue weighted by atomic mass is 10.1. The topological polar surface area (TPSA) is 70.9 Å². The van der Waals surface area contributed by atoms with Gasteiger partial charge in [0.25, 0.3) is 5.91 Å². The fourth-order valence-corrected chi connectivity index (χ4v) is 2.14. The Kier molecular flexibility index (Phi) is 3.50. The SMILES string of the molecule is O=C(NCCCc1cnoc1)c1ccc2cc[nH]c2c1. The lowest BCUT2D eigenvalue weighted by molar-refractivity contribution is 0.0953. The van der Waals surface area contributed by atoms with Gasteiger partial charge >= 0.3 is 0 Å². The standard InChI is InChI=1S/C15H15N3O2/c19-15(17-6-1-2-11-9-18-20-10-11)13-4-3-12-5-7-16-14(12)8-13/h3-5,7-10,16H,1-2,6H2,(H,17,19). The Morgan fingerprint density at radius 1 is 1.35 bits per heavy atom. The maximum atomic E-state index is 12.0. The van der Waals surface area contributed by atoms with Gasteiger partial charge in [-0.05, 0) is 36.4 Å². The van der Waals surface area contributed by atoms with Gasteiger partial charge < -0.3 is 14.8 Å². The molecule has 0 aliphatic carbocycles. The predicted molar refractivity (Wildman–Crippen MR) is 75.5 cm³/mol. The van der Waals surface area contributed by atoms with Gasteiger partial charge in [-0.25, -0.2) is 0 Å². The van der Waals surface area contributed by atoms with Crippen LogP contribution in [0, 0.1) is 0 Å². The van der Waals surface area contributed by atoms with E-state index in [9.17, 15) is 4.79 Å². The average molecular weight is 269 g/mol. The van der Waals surface area contributed by atoms with Crippen molar-refractivity contribution in [3.05, 3.63) is 54.0 Å². The van der Waals surface area contributed by atoms with E-state index in [1.54, 1.807) is 12.5 Å². The molecule has 2 N–H and O–H groups in total. The molecule has 20 heavy (non-hydrogen) atoms. The predicted octanol–water partition coefficient (Wildman–Crippen LogP) is 2.52. The van der Waals surface area contributed by atoms with Gasteiger partial charge in [-0.2, -0.15) is 0 Å². The first-order valence-corrected chi connectivity index (χ1v) is 6.56. The van der Waals surface area contributed by atoms with Crippen LogP contribution in [0.15, 0.2) is 47.4 Å². The first-order valence-electron chi connectivity index (χ1n) is 6.56. The molecular weight excluding hydrogens is 254 g/mol. The quantitative estimate of drug-likeness (QED) is 0.699. The number of carbonyl (C=O) groups is 1. The normalized spacial score (nSPS) is 10.8. The second kappa shape index (κ2) is 5.61. The summed E-state index contributed by atoms with van der Waals surface area (Å²) in [7, 11) is 0. The summed E-state index contributed by atoms with van der Waals surface area (Å²) in [5.41, 5.74) is 2.69. The van der Waals surface area contributed by atoms with E-state index in [1.165, 1.54) is 0 Å². The van der Waals surface area contributed by atoms with E-state index in [-0.39, 0.29) is 5.91 Å². The number of benzene rings is 1. The summed E-state index contributed by atoms with van der Waals surface area (Å²) in [6, 6.07) is 7.63. The fourth-order valence-electron chi connectivity index (χ4n) is 2.14. The molecular formula is C15H15N3O2. The number of amides is 1. The summed E-state index contributed by atoms with van der Waals surface area (Å²) in [5.74, 6) is -0.0492. The fraction of sp³-hybridized carbons (Fsp3) is 0.200. The molecule has 0 radical (unpaired) electrons. The zero-order valence-electron chi connectivity index (χ0n) is 10.9. The molecule has 3 rings (SSSR count). The maximum Gasteiger partial charge on any atom is 0.251 e.